The van der Waals surface area contributed by atoms with Crippen LogP contribution < -0.4 is 5.32 Å². The standard InChI is InChI=1S/C17H21FN2S/c1-11-12(2)21-16(19-11)17(3,20-15-7-8-15)10-13-5-4-6-14(18)9-13/h4-6,9,15,20H,7-8,10H2,1-3H3. The molecule has 2 nitrogen and oxygen atoms in total. The number of aromatic nitrogens is 1. The van der Waals surface area contributed by atoms with E-state index < -0.39 is 0 Å². The molecule has 1 aliphatic rings. The van der Waals surface area contributed by atoms with Crippen molar-refractivity contribution in [3.05, 3.63) is 51.2 Å². The normalized spacial score (nSPS) is 17.7. The fourth-order valence-electron chi connectivity index (χ4n) is 2.63. The van der Waals surface area contributed by atoms with Crippen LogP contribution in [0.5, 0.6) is 0 Å². The molecule has 1 N–H and O–H groups in total. The summed E-state index contributed by atoms with van der Waals surface area (Å²) in [5, 5.41) is 4.82. The molecule has 1 aliphatic carbocycles. The Morgan fingerprint density at radius 2 is 2.14 bits per heavy atom. The van der Waals surface area contributed by atoms with Crippen molar-refractivity contribution in [3.63, 3.8) is 0 Å². The monoisotopic (exact) mass is 304 g/mol. The minimum absolute atomic E-state index is 0.173. The molecule has 1 saturated carbocycles. The number of rotatable bonds is 5. The second kappa shape index (κ2) is 5.50. The molecule has 1 unspecified atom stereocenters. The second-order valence-electron chi connectivity index (χ2n) is 6.22. The van der Waals surface area contributed by atoms with Gasteiger partial charge in [0.15, 0.2) is 0 Å². The summed E-state index contributed by atoms with van der Waals surface area (Å²) >= 11 is 1.75. The van der Waals surface area contributed by atoms with E-state index in [0.717, 1.165) is 22.7 Å². The van der Waals surface area contributed by atoms with Gasteiger partial charge in [-0.2, -0.15) is 0 Å². The van der Waals surface area contributed by atoms with Gasteiger partial charge in [0.25, 0.3) is 0 Å². The Hall–Kier alpha value is -1.26. The molecule has 1 atom stereocenters. The van der Waals surface area contributed by atoms with Crippen LogP contribution in [0.25, 0.3) is 0 Å². The number of nitrogens with one attached hydrogen (secondary N) is 1. The average Bonchev–Trinajstić information content (AvgIpc) is 3.14. The summed E-state index contributed by atoms with van der Waals surface area (Å²) < 4.78 is 13.5. The first-order valence-corrected chi connectivity index (χ1v) is 8.24. The zero-order valence-corrected chi connectivity index (χ0v) is 13.6. The first-order valence-electron chi connectivity index (χ1n) is 7.43. The van der Waals surface area contributed by atoms with E-state index in [2.05, 4.69) is 26.1 Å². The highest BCUT2D eigenvalue weighted by atomic mass is 32.1. The smallest absolute Gasteiger partial charge is 0.123 e. The van der Waals surface area contributed by atoms with Gasteiger partial charge in [-0.25, -0.2) is 9.37 Å². The van der Waals surface area contributed by atoms with Gasteiger partial charge in [0, 0.05) is 10.9 Å². The third kappa shape index (κ3) is 3.33. The molecule has 1 heterocycles. The van der Waals surface area contributed by atoms with Crippen LogP contribution >= 0.6 is 11.3 Å². The zero-order chi connectivity index (χ0) is 15.0. The van der Waals surface area contributed by atoms with Gasteiger partial charge in [-0.1, -0.05) is 12.1 Å². The molecular weight excluding hydrogens is 283 g/mol. The molecule has 0 amide bonds. The Kier molecular flexibility index (Phi) is 3.84. The maximum atomic E-state index is 13.5. The number of benzene rings is 1. The number of aryl methyl sites for hydroxylation is 2. The predicted molar refractivity (Wildman–Crippen MR) is 85.2 cm³/mol. The molecule has 1 aromatic heterocycles. The number of hydrogen-bond acceptors (Lipinski definition) is 3. The summed E-state index contributed by atoms with van der Waals surface area (Å²) in [5.74, 6) is -0.173. The molecule has 0 radical (unpaired) electrons. The Morgan fingerprint density at radius 1 is 1.38 bits per heavy atom. The lowest BCUT2D eigenvalue weighted by Gasteiger charge is -2.29. The van der Waals surface area contributed by atoms with Crippen molar-refractivity contribution in [1.29, 1.82) is 0 Å². The van der Waals surface area contributed by atoms with Crippen molar-refractivity contribution < 1.29 is 4.39 Å². The minimum Gasteiger partial charge on any atom is -0.303 e. The Labute approximate surface area is 129 Å². The van der Waals surface area contributed by atoms with Crippen molar-refractivity contribution in [2.24, 2.45) is 0 Å². The van der Waals surface area contributed by atoms with Crippen LogP contribution in [-0.4, -0.2) is 11.0 Å². The van der Waals surface area contributed by atoms with Crippen LogP contribution in [0.2, 0.25) is 0 Å². The summed E-state index contributed by atoms with van der Waals surface area (Å²) in [6.45, 7) is 6.35. The van der Waals surface area contributed by atoms with Crippen LogP contribution in [0.15, 0.2) is 24.3 Å². The molecule has 1 aromatic carbocycles. The Balaban J connectivity index is 1.92. The summed E-state index contributed by atoms with van der Waals surface area (Å²) in [5.41, 5.74) is 1.88. The third-order valence-electron chi connectivity index (χ3n) is 4.05. The fourth-order valence-corrected chi connectivity index (χ4v) is 3.65. The lowest BCUT2D eigenvalue weighted by Crippen LogP contribution is -2.43. The van der Waals surface area contributed by atoms with Gasteiger partial charge in [-0.3, -0.25) is 0 Å². The van der Waals surface area contributed by atoms with Crippen LogP contribution in [0.3, 0.4) is 0 Å². The summed E-state index contributed by atoms with van der Waals surface area (Å²) in [6.07, 6.45) is 3.21. The average molecular weight is 304 g/mol. The fraction of sp³-hybridized carbons (Fsp3) is 0.471. The molecule has 0 aliphatic heterocycles. The van der Waals surface area contributed by atoms with Crippen molar-refractivity contribution in [2.75, 3.05) is 0 Å². The third-order valence-corrected chi connectivity index (χ3v) is 5.38. The molecule has 1 fully saturated rings. The maximum Gasteiger partial charge on any atom is 0.123 e. The largest absolute Gasteiger partial charge is 0.303 e. The first kappa shape index (κ1) is 14.7. The van der Waals surface area contributed by atoms with E-state index >= 15 is 0 Å². The van der Waals surface area contributed by atoms with E-state index in [1.165, 1.54) is 23.8 Å². The van der Waals surface area contributed by atoms with Gasteiger partial charge in [0.2, 0.25) is 0 Å². The molecule has 112 valence electrons. The van der Waals surface area contributed by atoms with E-state index in [1.54, 1.807) is 23.5 Å². The molecule has 3 rings (SSSR count). The number of hydrogen-bond donors (Lipinski definition) is 1. The Bertz CT molecular complexity index is 628. The van der Waals surface area contributed by atoms with E-state index in [9.17, 15) is 4.39 Å². The van der Waals surface area contributed by atoms with Gasteiger partial charge in [0.1, 0.15) is 10.8 Å². The van der Waals surface area contributed by atoms with Gasteiger partial charge in [-0.15, -0.1) is 11.3 Å². The van der Waals surface area contributed by atoms with E-state index in [0.29, 0.717) is 6.04 Å². The lowest BCUT2D eigenvalue weighted by atomic mass is 9.93. The predicted octanol–water partition coefficient (Wildman–Crippen LogP) is 4.11. The van der Waals surface area contributed by atoms with Crippen molar-refractivity contribution in [3.8, 4) is 0 Å². The highest BCUT2D eigenvalue weighted by molar-refractivity contribution is 7.11. The van der Waals surface area contributed by atoms with Crippen LogP contribution in [0, 0.1) is 19.7 Å². The Morgan fingerprint density at radius 3 is 2.71 bits per heavy atom. The minimum atomic E-state index is -0.224. The van der Waals surface area contributed by atoms with E-state index in [1.807, 2.05) is 6.07 Å². The number of nitrogens with zero attached hydrogens (tertiary/aromatic N) is 1. The van der Waals surface area contributed by atoms with E-state index in [-0.39, 0.29) is 11.4 Å². The second-order valence-corrected chi connectivity index (χ2v) is 7.42. The number of halogens is 1. The highest BCUT2D eigenvalue weighted by Gasteiger charge is 2.36. The topological polar surface area (TPSA) is 24.9 Å². The first-order chi connectivity index (χ1) is 9.96. The molecule has 2 aromatic rings. The zero-order valence-electron chi connectivity index (χ0n) is 12.7. The summed E-state index contributed by atoms with van der Waals surface area (Å²) in [6, 6.07) is 7.46. The molecule has 21 heavy (non-hydrogen) atoms. The summed E-state index contributed by atoms with van der Waals surface area (Å²) in [4.78, 5) is 6.00. The molecule has 0 saturated heterocycles. The molecule has 4 heteroatoms. The van der Waals surface area contributed by atoms with Crippen LogP contribution in [0.4, 0.5) is 4.39 Å². The summed E-state index contributed by atoms with van der Waals surface area (Å²) in [7, 11) is 0. The molecule has 0 bridgehead atoms. The van der Waals surface area contributed by atoms with Gasteiger partial charge in [0.05, 0.1) is 11.2 Å². The van der Waals surface area contributed by atoms with E-state index in [4.69, 9.17) is 4.98 Å². The lowest BCUT2D eigenvalue weighted by molar-refractivity contribution is 0.357. The van der Waals surface area contributed by atoms with Crippen LogP contribution in [-0.2, 0) is 12.0 Å². The number of thiazole rings is 1. The van der Waals surface area contributed by atoms with Crippen LogP contribution in [0.1, 0.15) is 40.9 Å². The SMILES string of the molecule is Cc1nc(C(C)(Cc2cccc(F)c2)NC2CC2)sc1C. The quantitative estimate of drug-likeness (QED) is 0.899. The maximum absolute atomic E-state index is 13.5. The van der Waals surface area contributed by atoms with Crippen molar-refractivity contribution >= 4 is 11.3 Å². The van der Waals surface area contributed by atoms with Gasteiger partial charge in [-0.05, 0) is 57.7 Å². The van der Waals surface area contributed by atoms with Crippen molar-refractivity contribution in [1.82, 2.24) is 10.3 Å². The van der Waals surface area contributed by atoms with Gasteiger partial charge >= 0.3 is 0 Å². The molecule has 0 spiro atoms. The van der Waals surface area contributed by atoms with Crippen molar-refractivity contribution in [2.45, 2.75) is 51.6 Å². The highest BCUT2D eigenvalue weighted by Crippen LogP contribution is 2.34. The molecular formula is C17H21FN2S. The van der Waals surface area contributed by atoms with Gasteiger partial charge < -0.3 is 5.32 Å².